The minimum absolute atomic E-state index is 0.0325. The van der Waals surface area contributed by atoms with E-state index in [9.17, 15) is 4.79 Å². The van der Waals surface area contributed by atoms with Crippen molar-refractivity contribution in [2.45, 2.75) is 32.0 Å². The van der Waals surface area contributed by atoms with Crippen LogP contribution in [0, 0.1) is 0 Å². The van der Waals surface area contributed by atoms with Crippen molar-refractivity contribution >= 4 is 5.91 Å². The lowest BCUT2D eigenvalue weighted by atomic mass is 10.2. The molecule has 0 unspecified atom stereocenters. The Morgan fingerprint density at radius 2 is 2.04 bits per heavy atom. The van der Waals surface area contributed by atoms with Crippen LogP contribution in [0.3, 0.4) is 0 Å². The highest BCUT2D eigenvalue weighted by Gasteiger charge is 2.34. The number of hydrogen-bond acceptors (Lipinski definition) is 4. The highest BCUT2D eigenvalue weighted by atomic mass is 16.5. The van der Waals surface area contributed by atoms with Crippen LogP contribution < -0.4 is 0 Å². The second-order valence-electron chi connectivity index (χ2n) is 6.99. The Labute approximate surface area is 145 Å². The molecule has 0 N–H and O–H groups in total. The quantitative estimate of drug-likeness (QED) is 0.790. The van der Waals surface area contributed by atoms with Gasteiger partial charge in [0.1, 0.15) is 0 Å². The molecule has 2 heterocycles. The number of hydrogen-bond donors (Lipinski definition) is 0. The van der Waals surface area contributed by atoms with Crippen molar-refractivity contribution < 1.29 is 9.53 Å². The highest BCUT2D eigenvalue weighted by molar-refractivity contribution is 5.83. The molecule has 1 aromatic carbocycles. The summed E-state index contributed by atoms with van der Waals surface area (Å²) in [6, 6.07) is 10.8. The molecule has 2 aliphatic rings. The number of amides is 1. The summed E-state index contributed by atoms with van der Waals surface area (Å²) < 4.78 is 5.49. The van der Waals surface area contributed by atoms with Crippen LogP contribution in [0.1, 0.15) is 18.9 Å². The van der Waals surface area contributed by atoms with E-state index in [-0.39, 0.29) is 11.9 Å². The van der Waals surface area contributed by atoms with Gasteiger partial charge in [0.05, 0.1) is 19.3 Å². The monoisotopic (exact) mass is 331 g/mol. The van der Waals surface area contributed by atoms with Gasteiger partial charge in [-0.2, -0.15) is 0 Å². The first-order valence-corrected chi connectivity index (χ1v) is 9.00. The molecule has 1 aromatic rings. The van der Waals surface area contributed by atoms with Gasteiger partial charge in [-0.1, -0.05) is 30.3 Å². The maximum atomic E-state index is 12.7. The zero-order valence-electron chi connectivity index (χ0n) is 14.9. The van der Waals surface area contributed by atoms with Crippen molar-refractivity contribution in [3.63, 3.8) is 0 Å². The molecule has 0 bridgehead atoms. The van der Waals surface area contributed by atoms with E-state index in [1.165, 1.54) is 5.56 Å². The molecule has 24 heavy (non-hydrogen) atoms. The molecule has 2 saturated heterocycles. The SMILES string of the molecule is C[C@H]1COCCN1CCN(C)[C@@H]1CCN(Cc2ccccc2)C1=O. The fourth-order valence-corrected chi connectivity index (χ4v) is 3.63. The Hall–Kier alpha value is -1.43. The summed E-state index contributed by atoms with van der Waals surface area (Å²) in [5.41, 5.74) is 1.20. The second-order valence-corrected chi connectivity index (χ2v) is 6.99. The third-order valence-electron chi connectivity index (χ3n) is 5.26. The van der Waals surface area contributed by atoms with Crippen molar-refractivity contribution in [1.82, 2.24) is 14.7 Å². The van der Waals surface area contributed by atoms with Crippen molar-refractivity contribution in [2.24, 2.45) is 0 Å². The summed E-state index contributed by atoms with van der Waals surface area (Å²) in [4.78, 5) is 19.4. The van der Waals surface area contributed by atoms with Crippen molar-refractivity contribution in [3.8, 4) is 0 Å². The minimum atomic E-state index is 0.0325. The van der Waals surface area contributed by atoms with E-state index in [1.807, 2.05) is 23.1 Å². The predicted octanol–water partition coefficient (Wildman–Crippen LogP) is 1.44. The van der Waals surface area contributed by atoms with Crippen LogP contribution in [0.15, 0.2) is 30.3 Å². The average molecular weight is 331 g/mol. The predicted molar refractivity (Wildman–Crippen MR) is 94.7 cm³/mol. The van der Waals surface area contributed by atoms with Gasteiger partial charge >= 0.3 is 0 Å². The lowest BCUT2D eigenvalue weighted by molar-refractivity contribution is -0.132. The lowest BCUT2D eigenvalue weighted by Gasteiger charge is -2.35. The van der Waals surface area contributed by atoms with Crippen LogP contribution >= 0.6 is 0 Å². The summed E-state index contributed by atoms with van der Waals surface area (Å²) in [6.07, 6.45) is 0.931. The molecule has 0 spiro atoms. The molecule has 5 nitrogen and oxygen atoms in total. The van der Waals surface area contributed by atoms with E-state index in [2.05, 4.69) is 35.9 Å². The van der Waals surface area contributed by atoms with Crippen LogP contribution in [0.5, 0.6) is 0 Å². The van der Waals surface area contributed by atoms with E-state index in [0.29, 0.717) is 6.04 Å². The van der Waals surface area contributed by atoms with Crippen LogP contribution in [-0.4, -0.2) is 79.1 Å². The number of carbonyl (C=O) groups excluding carboxylic acids is 1. The van der Waals surface area contributed by atoms with E-state index < -0.39 is 0 Å². The molecule has 0 saturated carbocycles. The number of ether oxygens (including phenoxy) is 1. The fourth-order valence-electron chi connectivity index (χ4n) is 3.63. The van der Waals surface area contributed by atoms with E-state index in [0.717, 1.165) is 52.4 Å². The van der Waals surface area contributed by atoms with Crippen LogP contribution in [-0.2, 0) is 16.1 Å². The normalized spacial score (nSPS) is 25.6. The zero-order chi connectivity index (χ0) is 16.9. The number of likely N-dealkylation sites (tertiary alicyclic amines) is 1. The van der Waals surface area contributed by atoms with Gasteiger partial charge in [0.25, 0.3) is 0 Å². The third-order valence-corrected chi connectivity index (χ3v) is 5.26. The molecule has 5 heteroatoms. The number of carbonyl (C=O) groups is 1. The number of benzene rings is 1. The zero-order valence-corrected chi connectivity index (χ0v) is 14.9. The average Bonchev–Trinajstić information content (AvgIpc) is 2.96. The first kappa shape index (κ1) is 17.4. The van der Waals surface area contributed by atoms with E-state index in [1.54, 1.807) is 0 Å². The molecule has 3 rings (SSSR count). The molecule has 0 aliphatic carbocycles. The molecular weight excluding hydrogens is 302 g/mol. The highest BCUT2D eigenvalue weighted by Crippen LogP contribution is 2.19. The Kier molecular flexibility index (Phi) is 5.87. The largest absolute Gasteiger partial charge is 0.379 e. The minimum Gasteiger partial charge on any atom is -0.379 e. The van der Waals surface area contributed by atoms with Gasteiger partial charge < -0.3 is 9.64 Å². The fraction of sp³-hybridized carbons (Fsp3) is 0.632. The molecule has 1 amide bonds. The standard InChI is InChI=1S/C19H29N3O2/c1-16-15-24-13-12-21(16)11-10-20(2)18-8-9-22(19(18)23)14-17-6-4-3-5-7-17/h3-7,16,18H,8-15H2,1-2H3/t16-,18+/m0/s1. The molecule has 132 valence electrons. The maximum absolute atomic E-state index is 12.7. The number of rotatable bonds is 6. The van der Waals surface area contributed by atoms with Crippen molar-refractivity contribution in [1.29, 1.82) is 0 Å². The summed E-state index contributed by atoms with van der Waals surface area (Å²) in [7, 11) is 2.08. The molecule has 2 fully saturated rings. The first-order valence-electron chi connectivity index (χ1n) is 9.00. The number of morpholine rings is 1. The van der Waals surface area contributed by atoms with Crippen molar-refractivity contribution in [3.05, 3.63) is 35.9 Å². The topological polar surface area (TPSA) is 36.0 Å². The first-order chi connectivity index (χ1) is 11.6. The Morgan fingerprint density at radius 1 is 1.25 bits per heavy atom. The van der Waals surface area contributed by atoms with Gasteiger partial charge in [-0.3, -0.25) is 14.6 Å². The summed E-state index contributed by atoms with van der Waals surface area (Å²) in [5, 5.41) is 0. The summed E-state index contributed by atoms with van der Waals surface area (Å²) >= 11 is 0. The van der Waals surface area contributed by atoms with Gasteiger partial charge in [-0.15, -0.1) is 0 Å². The number of nitrogens with zero attached hydrogens (tertiary/aromatic N) is 3. The molecule has 0 aromatic heterocycles. The van der Waals surface area contributed by atoms with Gasteiger partial charge in [-0.05, 0) is 26.0 Å². The third kappa shape index (κ3) is 4.15. The lowest BCUT2D eigenvalue weighted by Crippen LogP contribution is -2.48. The molecule has 2 aliphatic heterocycles. The molecule has 2 atom stereocenters. The maximum Gasteiger partial charge on any atom is 0.240 e. The Bertz CT molecular complexity index is 537. The van der Waals surface area contributed by atoms with Gasteiger partial charge in [0.15, 0.2) is 0 Å². The van der Waals surface area contributed by atoms with Crippen LogP contribution in [0.2, 0.25) is 0 Å². The van der Waals surface area contributed by atoms with E-state index >= 15 is 0 Å². The second kappa shape index (κ2) is 8.10. The van der Waals surface area contributed by atoms with Crippen molar-refractivity contribution in [2.75, 3.05) is 46.4 Å². The summed E-state index contributed by atoms with van der Waals surface area (Å²) in [5.74, 6) is 0.274. The van der Waals surface area contributed by atoms with Gasteiger partial charge in [-0.25, -0.2) is 0 Å². The van der Waals surface area contributed by atoms with Crippen LogP contribution in [0.25, 0.3) is 0 Å². The van der Waals surface area contributed by atoms with Gasteiger partial charge in [0.2, 0.25) is 5.91 Å². The Balaban J connectivity index is 1.49. The smallest absolute Gasteiger partial charge is 0.240 e. The number of likely N-dealkylation sites (N-methyl/N-ethyl adjacent to an activating group) is 1. The molecule has 0 radical (unpaired) electrons. The molecular formula is C19H29N3O2. The summed E-state index contributed by atoms with van der Waals surface area (Å²) in [6.45, 7) is 8.36. The van der Waals surface area contributed by atoms with Crippen LogP contribution in [0.4, 0.5) is 0 Å². The van der Waals surface area contributed by atoms with Gasteiger partial charge in [0, 0.05) is 38.8 Å². The van der Waals surface area contributed by atoms with E-state index in [4.69, 9.17) is 4.74 Å². The Morgan fingerprint density at radius 3 is 2.79 bits per heavy atom.